The molecule has 0 aliphatic rings. The maximum Gasteiger partial charge on any atom is 0.125 e. The number of hydrogen-bond donors (Lipinski definition) is 0. The van der Waals surface area contributed by atoms with Crippen LogP contribution in [0.1, 0.15) is 0 Å². The molecule has 4 aromatic heterocycles. The summed E-state index contributed by atoms with van der Waals surface area (Å²) in [4.78, 5) is 4.32. The van der Waals surface area contributed by atoms with E-state index in [0.717, 1.165) is 88.8 Å². The van der Waals surface area contributed by atoms with E-state index < -0.39 is 0 Å². The average molecular weight is 775 g/mol. The van der Waals surface area contributed by atoms with Gasteiger partial charge in [-0.25, -0.2) is 8.78 Å². The average Bonchev–Trinajstić information content (AvgIpc) is 4.01. The fraction of sp³-hybridized carbons (Fsp3) is 0. The van der Waals surface area contributed by atoms with Gasteiger partial charge in [0.05, 0.1) is 44.5 Å². The van der Waals surface area contributed by atoms with Crippen molar-refractivity contribution in [3.05, 3.63) is 206 Å². The Kier molecular flexibility index (Phi) is 6.76. The minimum absolute atomic E-state index is 0.279. The Morgan fingerprint density at radius 2 is 0.683 bits per heavy atom. The van der Waals surface area contributed by atoms with Gasteiger partial charge in [-0.1, -0.05) is 97.1 Å². The van der Waals surface area contributed by atoms with E-state index in [1.54, 1.807) is 24.3 Å². The normalized spacial score (nSPS) is 12.2. The van der Waals surface area contributed by atoms with E-state index >= 15 is 0 Å². The van der Waals surface area contributed by atoms with Gasteiger partial charge in [-0.3, -0.25) is 0 Å². The molecule has 0 aliphatic heterocycles. The number of aromatic nitrogens is 2. The molecule has 13 aromatic rings. The van der Waals surface area contributed by atoms with E-state index in [2.05, 4.69) is 128 Å². The summed E-state index contributed by atoms with van der Waals surface area (Å²) in [6.07, 6.45) is 0. The number of hydrogen-bond acceptors (Lipinski definition) is 2. The second-order valence-electron chi connectivity index (χ2n) is 15.6. The smallest absolute Gasteiger partial charge is 0.125 e. The summed E-state index contributed by atoms with van der Waals surface area (Å²) in [6, 6.07) is 64.9. The fourth-order valence-electron chi connectivity index (χ4n) is 10.1. The van der Waals surface area contributed by atoms with Crippen LogP contribution in [0, 0.1) is 11.6 Å². The van der Waals surface area contributed by atoms with Crippen LogP contribution in [0.15, 0.2) is 194 Å². The van der Waals surface area contributed by atoms with Gasteiger partial charge in [0.15, 0.2) is 0 Å². The van der Waals surface area contributed by atoms with Crippen LogP contribution in [-0.2, 0) is 0 Å². The first-order valence-corrected chi connectivity index (χ1v) is 20.2. The SMILES string of the molecule is Fc1cccc(N(c2ccccc2)c2cccc3c2c2cccc4c5cc6c(cc5n3c42)c2cccc3c4c(N(c5ccccc5)c5cccc(F)c5)cccc4n6c23)c1. The van der Waals surface area contributed by atoms with Crippen LogP contribution in [-0.4, -0.2) is 8.80 Å². The summed E-state index contributed by atoms with van der Waals surface area (Å²) in [5.41, 5.74) is 12.2. The van der Waals surface area contributed by atoms with Crippen molar-refractivity contribution in [1.29, 1.82) is 0 Å². The molecule has 0 aliphatic carbocycles. The molecule has 0 N–H and O–H groups in total. The van der Waals surface area contributed by atoms with Crippen LogP contribution in [0.2, 0.25) is 0 Å². The van der Waals surface area contributed by atoms with Gasteiger partial charge in [-0.05, 0) is 97.1 Å². The van der Waals surface area contributed by atoms with Crippen molar-refractivity contribution in [2.45, 2.75) is 0 Å². The van der Waals surface area contributed by atoms with Gasteiger partial charge < -0.3 is 18.6 Å². The van der Waals surface area contributed by atoms with E-state index in [1.807, 2.05) is 48.5 Å². The minimum atomic E-state index is -0.279. The van der Waals surface area contributed by atoms with Crippen LogP contribution >= 0.6 is 0 Å². The Bertz CT molecular complexity index is 3560. The van der Waals surface area contributed by atoms with E-state index in [4.69, 9.17) is 0 Å². The number of nitrogens with zero attached hydrogens (tertiary/aromatic N) is 4. The predicted octanol–water partition coefficient (Wildman–Crippen LogP) is 15.2. The monoisotopic (exact) mass is 774 g/mol. The van der Waals surface area contributed by atoms with E-state index in [1.165, 1.54) is 33.7 Å². The largest absolute Gasteiger partial charge is 0.310 e. The lowest BCUT2D eigenvalue weighted by Crippen LogP contribution is -2.10. The Morgan fingerprint density at radius 3 is 1.12 bits per heavy atom. The molecule has 4 heterocycles. The standard InChI is InChI=1S/C54H32F2N4/c55-33-13-7-19-37(29-33)57(35-15-3-1-4-16-35)45-25-11-27-47-51(45)41-23-9-21-39-43-32-50-44(31-49(43)59(47)53(39)41)40-22-10-24-42-52-46(26-12-28-48(52)60(50)54(40)42)58(36-17-5-2-6-18-36)38-20-8-14-34(56)30-38/h1-32H. The first-order valence-electron chi connectivity index (χ1n) is 20.2. The van der Waals surface area contributed by atoms with E-state index in [0.29, 0.717) is 0 Å². The molecule has 60 heavy (non-hydrogen) atoms. The highest BCUT2D eigenvalue weighted by Crippen LogP contribution is 2.50. The minimum Gasteiger partial charge on any atom is -0.310 e. The number of anilines is 6. The topological polar surface area (TPSA) is 15.3 Å². The molecule has 4 nitrogen and oxygen atoms in total. The van der Waals surface area contributed by atoms with Crippen LogP contribution in [0.25, 0.3) is 76.2 Å². The van der Waals surface area contributed by atoms with Crippen LogP contribution in [0.5, 0.6) is 0 Å². The van der Waals surface area contributed by atoms with Crippen molar-refractivity contribution in [3.63, 3.8) is 0 Å². The second-order valence-corrected chi connectivity index (χ2v) is 15.6. The fourth-order valence-corrected chi connectivity index (χ4v) is 10.1. The van der Waals surface area contributed by atoms with E-state index in [9.17, 15) is 8.78 Å². The van der Waals surface area contributed by atoms with Crippen molar-refractivity contribution < 1.29 is 8.78 Å². The summed E-state index contributed by atoms with van der Waals surface area (Å²) in [7, 11) is 0. The number of benzene rings is 9. The molecule has 0 amide bonds. The van der Waals surface area contributed by atoms with Gasteiger partial charge in [0.2, 0.25) is 0 Å². The molecule has 0 bridgehead atoms. The zero-order chi connectivity index (χ0) is 39.6. The lowest BCUT2D eigenvalue weighted by atomic mass is 10.0. The summed E-state index contributed by atoms with van der Waals surface area (Å²) in [5, 5.41) is 9.22. The maximum absolute atomic E-state index is 14.9. The summed E-state index contributed by atoms with van der Waals surface area (Å²) in [5.74, 6) is -0.558. The predicted molar refractivity (Wildman–Crippen MR) is 245 cm³/mol. The number of para-hydroxylation sites is 4. The highest BCUT2D eigenvalue weighted by atomic mass is 19.1. The molecule has 0 unspecified atom stereocenters. The Morgan fingerprint density at radius 1 is 0.300 bits per heavy atom. The van der Waals surface area contributed by atoms with Gasteiger partial charge in [0.1, 0.15) is 11.6 Å². The molecule has 0 saturated carbocycles. The molecule has 0 atom stereocenters. The summed E-state index contributed by atoms with van der Waals surface area (Å²) < 4.78 is 34.6. The third-order valence-electron chi connectivity index (χ3n) is 12.4. The van der Waals surface area contributed by atoms with Gasteiger partial charge in [-0.2, -0.15) is 0 Å². The Hall–Kier alpha value is -7.96. The molecular formula is C54H32F2N4. The third kappa shape index (κ3) is 4.47. The van der Waals surface area contributed by atoms with Gasteiger partial charge in [0, 0.05) is 65.8 Å². The number of halogens is 2. The molecular weight excluding hydrogens is 743 g/mol. The van der Waals surface area contributed by atoms with Crippen molar-refractivity contribution >= 4 is 110 Å². The number of rotatable bonds is 6. The van der Waals surface area contributed by atoms with Crippen molar-refractivity contribution in [2.24, 2.45) is 0 Å². The third-order valence-corrected chi connectivity index (χ3v) is 12.4. The molecule has 0 radical (unpaired) electrons. The lowest BCUT2D eigenvalue weighted by Gasteiger charge is -2.26. The first kappa shape index (κ1) is 33.1. The highest BCUT2D eigenvalue weighted by molar-refractivity contribution is 6.31. The second kappa shape index (κ2) is 12.3. The van der Waals surface area contributed by atoms with Crippen LogP contribution in [0.4, 0.5) is 42.9 Å². The molecule has 0 spiro atoms. The molecule has 0 fully saturated rings. The zero-order valence-corrected chi connectivity index (χ0v) is 32.0. The van der Waals surface area contributed by atoms with Crippen molar-refractivity contribution in [3.8, 4) is 0 Å². The van der Waals surface area contributed by atoms with E-state index in [-0.39, 0.29) is 11.6 Å². The lowest BCUT2D eigenvalue weighted by molar-refractivity contribution is 0.627. The molecule has 282 valence electrons. The quantitative estimate of drug-likeness (QED) is 0.167. The van der Waals surface area contributed by atoms with Gasteiger partial charge >= 0.3 is 0 Å². The number of fused-ring (bicyclic) bond motifs is 12. The molecule has 0 saturated heterocycles. The molecule has 13 rings (SSSR count). The molecule has 9 aromatic carbocycles. The Labute approximate surface area is 342 Å². The van der Waals surface area contributed by atoms with Crippen LogP contribution in [0.3, 0.4) is 0 Å². The van der Waals surface area contributed by atoms with Crippen LogP contribution < -0.4 is 9.80 Å². The zero-order valence-electron chi connectivity index (χ0n) is 32.0. The Balaban J connectivity index is 1.10. The summed E-state index contributed by atoms with van der Waals surface area (Å²) in [6.45, 7) is 0. The highest BCUT2D eigenvalue weighted by Gasteiger charge is 2.27. The van der Waals surface area contributed by atoms with Crippen molar-refractivity contribution in [2.75, 3.05) is 9.80 Å². The van der Waals surface area contributed by atoms with Crippen molar-refractivity contribution in [1.82, 2.24) is 8.80 Å². The van der Waals surface area contributed by atoms with Gasteiger partial charge in [-0.15, -0.1) is 0 Å². The maximum atomic E-state index is 14.9. The first-order chi connectivity index (χ1) is 29.6. The molecule has 6 heteroatoms. The van der Waals surface area contributed by atoms with Gasteiger partial charge in [0.25, 0.3) is 0 Å². The summed E-state index contributed by atoms with van der Waals surface area (Å²) >= 11 is 0.